The first-order valence-electron chi connectivity index (χ1n) is 11.3. The molecule has 0 saturated carbocycles. The number of aromatic nitrogens is 3. The summed E-state index contributed by atoms with van der Waals surface area (Å²) in [5.41, 5.74) is 18.4. The average Bonchev–Trinajstić information content (AvgIpc) is 3.53. The number of carboxylic acids is 1. The number of anilines is 3. The van der Waals surface area contributed by atoms with Crippen molar-refractivity contribution in [3.05, 3.63) is 57.9 Å². The van der Waals surface area contributed by atoms with Gasteiger partial charge in [-0.25, -0.2) is 14.5 Å². The Balaban J connectivity index is 1.32. The molecule has 3 aromatic rings. The van der Waals surface area contributed by atoms with Crippen LogP contribution in [0.15, 0.2) is 51.7 Å². The average molecular weight is 588 g/mol. The maximum Gasteiger partial charge on any atom is 0.276 e. The fourth-order valence-corrected chi connectivity index (χ4v) is 6.38. The van der Waals surface area contributed by atoms with Crippen LogP contribution in [0.4, 0.5) is 16.0 Å². The lowest BCUT2D eigenvalue weighted by molar-refractivity contribution is -0.689. The van der Waals surface area contributed by atoms with E-state index in [4.69, 9.17) is 22.0 Å². The lowest BCUT2D eigenvalue weighted by Crippen LogP contribution is -2.71. The molecule has 2 amide bonds. The van der Waals surface area contributed by atoms with Crippen molar-refractivity contribution in [3.8, 4) is 0 Å². The van der Waals surface area contributed by atoms with Crippen LogP contribution in [-0.2, 0) is 32.4 Å². The second kappa shape index (κ2) is 10.9. The maximum absolute atomic E-state index is 13.2. The highest BCUT2D eigenvalue weighted by Crippen LogP contribution is 2.40. The number of nitrogens with one attached hydrogen (secondary N) is 1. The summed E-state index contributed by atoms with van der Waals surface area (Å²) in [4.78, 5) is 52.9. The molecular formula is C22H21N9O5S3. The number of carboxylic acid groups (broad SMARTS) is 1. The molecule has 2 aliphatic rings. The number of nitrogens with two attached hydrogens (primary N) is 3. The summed E-state index contributed by atoms with van der Waals surface area (Å²) < 4.78 is 1.75. The van der Waals surface area contributed by atoms with Crippen molar-refractivity contribution in [2.75, 3.05) is 23.0 Å². The third kappa shape index (κ3) is 5.50. The first-order chi connectivity index (χ1) is 18.7. The van der Waals surface area contributed by atoms with Gasteiger partial charge < -0.3 is 37.3 Å². The van der Waals surface area contributed by atoms with Crippen molar-refractivity contribution in [1.82, 2.24) is 20.2 Å². The number of rotatable bonds is 9. The minimum absolute atomic E-state index is 0.0483. The van der Waals surface area contributed by atoms with Crippen LogP contribution < -0.4 is 32.2 Å². The summed E-state index contributed by atoms with van der Waals surface area (Å²) in [7, 11) is 0. The van der Waals surface area contributed by atoms with Gasteiger partial charge in [-0.1, -0.05) is 5.16 Å². The zero-order chi connectivity index (χ0) is 27.7. The van der Waals surface area contributed by atoms with Crippen LogP contribution in [0.2, 0.25) is 0 Å². The van der Waals surface area contributed by atoms with Crippen LogP contribution in [0.3, 0.4) is 0 Å². The van der Waals surface area contributed by atoms with E-state index in [1.54, 1.807) is 34.5 Å². The van der Waals surface area contributed by atoms with Crippen LogP contribution in [0.1, 0.15) is 11.4 Å². The van der Waals surface area contributed by atoms with Gasteiger partial charge in [0.25, 0.3) is 11.8 Å². The summed E-state index contributed by atoms with van der Waals surface area (Å²) >= 11 is 3.66. The monoisotopic (exact) mass is 587 g/mol. The number of nitrogens with zero attached hydrogens (tertiary/aromatic N) is 5. The maximum atomic E-state index is 13.2. The normalized spacial score (nSPS) is 18.9. The molecule has 0 radical (unpaired) electrons. The van der Waals surface area contributed by atoms with Gasteiger partial charge in [-0.2, -0.15) is 0 Å². The summed E-state index contributed by atoms with van der Waals surface area (Å²) in [6, 6.07) is 2.37. The molecule has 2 atom stereocenters. The van der Waals surface area contributed by atoms with Gasteiger partial charge in [0.2, 0.25) is 0 Å². The zero-order valence-electron chi connectivity index (χ0n) is 20.0. The summed E-state index contributed by atoms with van der Waals surface area (Å²) in [5.74, 6) is -2.49. The Labute approximate surface area is 233 Å². The molecule has 202 valence electrons. The molecular weight excluding hydrogens is 567 g/mol. The molecule has 0 aromatic carbocycles. The number of hydrogen-bond acceptors (Lipinski definition) is 14. The van der Waals surface area contributed by atoms with E-state index >= 15 is 0 Å². The third-order valence-electron chi connectivity index (χ3n) is 5.73. The Kier molecular flexibility index (Phi) is 7.36. The number of thiazole rings is 2. The first-order valence-corrected chi connectivity index (χ1v) is 14.1. The second-order valence-corrected chi connectivity index (χ2v) is 11.3. The van der Waals surface area contributed by atoms with Crippen molar-refractivity contribution in [2.45, 2.75) is 24.6 Å². The van der Waals surface area contributed by atoms with Crippen LogP contribution in [0.25, 0.3) is 0 Å². The number of carbonyl (C=O) groups is 3. The number of hydrogen-bond donors (Lipinski definition) is 4. The zero-order valence-corrected chi connectivity index (χ0v) is 22.4. The van der Waals surface area contributed by atoms with Crippen molar-refractivity contribution in [1.29, 1.82) is 0 Å². The van der Waals surface area contributed by atoms with Gasteiger partial charge in [0.1, 0.15) is 17.1 Å². The number of oxime groups is 1. The van der Waals surface area contributed by atoms with E-state index < -0.39 is 29.2 Å². The fourth-order valence-electron chi connectivity index (χ4n) is 3.95. The highest BCUT2D eigenvalue weighted by Gasteiger charge is 2.53. The SMILES string of the molecule is Nc1cc[n+](CC2=C(C(=O)[O-])N3C(=O)C(NC(=O)C(=NOCc4csc(N)n4)c4csc(N)n4)[C@H]3SC2)cc1. The number of thioether (sulfide) groups is 1. The number of aliphatic carboxylic acids is 1. The number of fused-ring (bicyclic) bond motifs is 1. The molecule has 0 spiro atoms. The minimum atomic E-state index is -1.47. The van der Waals surface area contributed by atoms with Crippen LogP contribution in [0.5, 0.6) is 0 Å². The lowest BCUT2D eigenvalue weighted by Gasteiger charge is -2.50. The molecule has 5 heterocycles. The number of nitrogen functional groups attached to an aromatic ring is 3. The van der Waals surface area contributed by atoms with E-state index in [2.05, 4.69) is 20.4 Å². The molecule has 3 aromatic heterocycles. The largest absolute Gasteiger partial charge is 0.543 e. The van der Waals surface area contributed by atoms with Gasteiger partial charge in [-0.15, -0.1) is 34.4 Å². The van der Waals surface area contributed by atoms with Crippen LogP contribution in [-0.4, -0.2) is 55.5 Å². The number of pyridine rings is 1. The van der Waals surface area contributed by atoms with Gasteiger partial charge >= 0.3 is 0 Å². The summed E-state index contributed by atoms with van der Waals surface area (Å²) in [5, 5.41) is 21.7. The molecule has 5 rings (SSSR count). The van der Waals surface area contributed by atoms with Crippen molar-refractivity contribution in [2.24, 2.45) is 5.16 Å². The Bertz CT molecular complexity index is 1500. The highest BCUT2D eigenvalue weighted by molar-refractivity contribution is 8.00. The van der Waals surface area contributed by atoms with Gasteiger partial charge in [0.05, 0.1) is 17.4 Å². The predicted molar refractivity (Wildman–Crippen MR) is 142 cm³/mol. The standard InChI is InChI=1S/C22H21N9O5S3/c23-11-1-3-30(4-2-11)5-10-7-37-19-15(18(33)31(19)16(10)20(34)35)28-17(32)14(13-9-39-22(25)27-13)29-36-6-12-8-38-21(24)26-12/h1-4,8-9,15,19,23H,5-7H2,(H6,24,25,26,27,28,32,34,35)/t15?,19-/m1/s1. The van der Waals surface area contributed by atoms with E-state index in [0.717, 1.165) is 16.2 Å². The highest BCUT2D eigenvalue weighted by atomic mass is 32.2. The minimum Gasteiger partial charge on any atom is -0.543 e. The van der Waals surface area contributed by atoms with E-state index in [-0.39, 0.29) is 35.4 Å². The van der Waals surface area contributed by atoms with E-state index in [1.165, 1.54) is 28.5 Å². The Morgan fingerprint density at radius 1 is 1.18 bits per heavy atom. The van der Waals surface area contributed by atoms with Gasteiger partial charge in [0, 0.05) is 39.9 Å². The second-order valence-electron chi connectivity index (χ2n) is 8.37. The summed E-state index contributed by atoms with van der Waals surface area (Å²) in [6.07, 6.45) is 3.43. The van der Waals surface area contributed by atoms with Gasteiger partial charge in [-0.3, -0.25) is 14.5 Å². The van der Waals surface area contributed by atoms with Crippen molar-refractivity contribution >= 4 is 73.9 Å². The molecule has 0 bridgehead atoms. The molecule has 14 nitrogen and oxygen atoms in total. The molecule has 2 aliphatic heterocycles. The van der Waals surface area contributed by atoms with Gasteiger partial charge in [0.15, 0.2) is 41.5 Å². The van der Waals surface area contributed by atoms with Crippen LogP contribution in [0, 0.1) is 0 Å². The Hall–Kier alpha value is -4.22. The van der Waals surface area contributed by atoms with E-state index in [0.29, 0.717) is 27.8 Å². The van der Waals surface area contributed by atoms with Crippen molar-refractivity contribution < 1.29 is 28.9 Å². The molecule has 1 unspecified atom stereocenters. The number of amides is 2. The first kappa shape index (κ1) is 26.4. The molecule has 7 N–H and O–H groups in total. The van der Waals surface area contributed by atoms with Crippen LogP contribution >= 0.6 is 34.4 Å². The quantitative estimate of drug-likeness (QED) is 0.0993. The predicted octanol–water partition coefficient (Wildman–Crippen LogP) is -1.34. The number of β-lactam (4-membered cyclic amide) rings is 1. The Morgan fingerprint density at radius 2 is 1.90 bits per heavy atom. The van der Waals surface area contributed by atoms with E-state index in [1.807, 2.05) is 0 Å². The smallest absolute Gasteiger partial charge is 0.276 e. The fraction of sp³-hybridized carbons (Fsp3) is 0.227. The lowest BCUT2D eigenvalue weighted by atomic mass is 10.0. The molecule has 0 aliphatic carbocycles. The van der Waals surface area contributed by atoms with Crippen molar-refractivity contribution in [3.63, 3.8) is 0 Å². The molecule has 39 heavy (non-hydrogen) atoms. The summed E-state index contributed by atoms with van der Waals surface area (Å²) in [6.45, 7) is 0.182. The van der Waals surface area contributed by atoms with Gasteiger partial charge in [-0.05, 0) is 0 Å². The topological polar surface area (TPSA) is 219 Å². The Morgan fingerprint density at radius 3 is 2.54 bits per heavy atom. The number of carbonyl (C=O) groups excluding carboxylic acids is 3. The molecule has 1 fully saturated rings. The molecule has 1 saturated heterocycles. The molecule has 17 heteroatoms. The third-order valence-corrected chi connectivity index (χ3v) is 8.47. The van der Waals surface area contributed by atoms with E-state index in [9.17, 15) is 19.5 Å².